The first-order valence-corrected chi connectivity index (χ1v) is 8.50. The molecule has 0 spiro atoms. The molecular formula is C19H18FN3O3. The molecule has 7 heteroatoms. The fraction of sp³-hybridized carbons (Fsp3) is 0.316. The molecule has 2 bridgehead atoms. The lowest BCUT2D eigenvalue weighted by Crippen LogP contribution is -2.39. The van der Waals surface area contributed by atoms with Crippen LogP contribution in [-0.2, 0) is 16.1 Å². The normalized spacial score (nSPS) is 26.2. The number of rotatable bonds is 5. The summed E-state index contributed by atoms with van der Waals surface area (Å²) in [6.45, 7) is 0.157. The van der Waals surface area contributed by atoms with E-state index >= 15 is 0 Å². The second kappa shape index (κ2) is 6.40. The molecule has 1 heterocycles. The Balaban J connectivity index is 1.44. The number of benzene rings is 1. The number of hydrogen-bond acceptors (Lipinski definition) is 3. The van der Waals surface area contributed by atoms with Crippen molar-refractivity contribution in [1.29, 1.82) is 0 Å². The number of aliphatic carboxylic acids is 1. The fourth-order valence-corrected chi connectivity index (χ4v) is 4.09. The Bertz CT molecular complexity index is 878. The molecule has 1 aromatic heterocycles. The van der Waals surface area contributed by atoms with Gasteiger partial charge in [-0.1, -0.05) is 18.2 Å². The van der Waals surface area contributed by atoms with E-state index in [1.807, 2.05) is 12.2 Å². The van der Waals surface area contributed by atoms with E-state index in [9.17, 15) is 19.1 Å². The Morgan fingerprint density at radius 1 is 1.27 bits per heavy atom. The lowest BCUT2D eigenvalue weighted by atomic mass is 9.82. The number of carbonyl (C=O) groups excluding carboxylic acids is 1. The predicted octanol–water partition coefficient (Wildman–Crippen LogP) is 2.15. The van der Waals surface area contributed by atoms with Gasteiger partial charge in [-0.05, 0) is 36.0 Å². The van der Waals surface area contributed by atoms with Crippen LogP contribution in [0.15, 0.2) is 49.1 Å². The molecule has 4 atom stereocenters. The molecule has 2 aliphatic carbocycles. The van der Waals surface area contributed by atoms with Crippen molar-refractivity contribution < 1.29 is 19.1 Å². The third-order valence-electron chi connectivity index (χ3n) is 5.31. The minimum atomic E-state index is -0.933. The molecule has 0 saturated heterocycles. The van der Waals surface area contributed by atoms with E-state index in [2.05, 4.69) is 10.3 Å². The summed E-state index contributed by atoms with van der Waals surface area (Å²) in [4.78, 5) is 27.9. The molecule has 2 aromatic rings. The number of fused-ring (bicyclic) bond motifs is 2. The van der Waals surface area contributed by atoms with Crippen LogP contribution in [0.5, 0.6) is 0 Å². The van der Waals surface area contributed by atoms with Crippen LogP contribution in [0, 0.1) is 29.5 Å². The molecule has 1 amide bonds. The summed E-state index contributed by atoms with van der Waals surface area (Å²) in [5, 5.41) is 12.2. The first kappa shape index (κ1) is 16.5. The maximum Gasteiger partial charge on any atom is 0.307 e. The zero-order valence-corrected chi connectivity index (χ0v) is 13.9. The SMILES string of the molecule is O=C(O)[C@@H]1[C@H](C(=O)NCc2ccc(-n3ccnc3)c(F)c2)[C@H]2C=C[C@H]1C2. The predicted molar refractivity (Wildman–Crippen MR) is 90.7 cm³/mol. The maximum absolute atomic E-state index is 14.3. The summed E-state index contributed by atoms with van der Waals surface area (Å²) in [7, 11) is 0. The van der Waals surface area contributed by atoms with Crippen molar-refractivity contribution >= 4 is 11.9 Å². The van der Waals surface area contributed by atoms with Crippen molar-refractivity contribution in [2.75, 3.05) is 0 Å². The van der Waals surface area contributed by atoms with Gasteiger partial charge in [0.25, 0.3) is 0 Å². The Kier molecular flexibility index (Phi) is 4.06. The van der Waals surface area contributed by atoms with Gasteiger partial charge in [0.2, 0.25) is 5.91 Å². The van der Waals surface area contributed by atoms with Crippen LogP contribution in [0.4, 0.5) is 4.39 Å². The van der Waals surface area contributed by atoms with Crippen LogP contribution in [0.3, 0.4) is 0 Å². The summed E-state index contributed by atoms with van der Waals surface area (Å²) in [5.74, 6) is -2.96. The summed E-state index contributed by atoms with van der Waals surface area (Å²) >= 11 is 0. The zero-order chi connectivity index (χ0) is 18.3. The molecule has 0 aliphatic heterocycles. The average Bonchev–Trinajstić information content (AvgIpc) is 3.35. The highest BCUT2D eigenvalue weighted by molar-refractivity contribution is 5.86. The van der Waals surface area contributed by atoms with Gasteiger partial charge in [0.1, 0.15) is 5.82 Å². The Labute approximate surface area is 149 Å². The van der Waals surface area contributed by atoms with Crippen molar-refractivity contribution in [3.63, 3.8) is 0 Å². The first-order valence-electron chi connectivity index (χ1n) is 8.50. The second-order valence-corrected chi connectivity index (χ2v) is 6.81. The number of carbonyl (C=O) groups is 2. The van der Waals surface area contributed by atoms with Gasteiger partial charge in [0, 0.05) is 18.9 Å². The van der Waals surface area contributed by atoms with Gasteiger partial charge in [0.15, 0.2) is 0 Å². The number of carboxylic acid groups (broad SMARTS) is 1. The van der Waals surface area contributed by atoms with Crippen molar-refractivity contribution in [3.05, 3.63) is 60.5 Å². The first-order chi connectivity index (χ1) is 12.5. The third kappa shape index (κ3) is 2.79. The number of halogens is 1. The van der Waals surface area contributed by atoms with Crippen LogP contribution >= 0.6 is 0 Å². The molecule has 6 nitrogen and oxygen atoms in total. The molecule has 26 heavy (non-hydrogen) atoms. The number of carboxylic acids is 1. The van der Waals surface area contributed by atoms with E-state index in [0.717, 1.165) is 0 Å². The zero-order valence-electron chi connectivity index (χ0n) is 13.9. The molecule has 2 N–H and O–H groups in total. The smallest absolute Gasteiger partial charge is 0.307 e. The second-order valence-electron chi connectivity index (χ2n) is 6.81. The number of imidazole rings is 1. The Morgan fingerprint density at radius 2 is 2.04 bits per heavy atom. The molecule has 1 fully saturated rings. The van der Waals surface area contributed by atoms with E-state index in [1.165, 1.54) is 12.4 Å². The van der Waals surface area contributed by atoms with Gasteiger partial charge in [-0.15, -0.1) is 0 Å². The number of nitrogens with zero attached hydrogens (tertiary/aromatic N) is 2. The molecule has 1 aromatic carbocycles. The van der Waals surface area contributed by atoms with Gasteiger partial charge in [-0.2, -0.15) is 0 Å². The highest BCUT2D eigenvalue weighted by atomic mass is 19.1. The van der Waals surface area contributed by atoms with Crippen LogP contribution in [-0.4, -0.2) is 26.5 Å². The van der Waals surface area contributed by atoms with Crippen molar-refractivity contribution in [2.24, 2.45) is 23.7 Å². The van der Waals surface area contributed by atoms with Gasteiger partial charge in [-0.25, -0.2) is 9.37 Å². The summed E-state index contributed by atoms with van der Waals surface area (Å²) in [6.07, 6.45) is 9.27. The molecular weight excluding hydrogens is 337 g/mol. The minimum absolute atomic E-state index is 0.0264. The minimum Gasteiger partial charge on any atom is -0.481 e. The molecule has 0 unspecified atom stereocenters. The number of aromatic nitrogens is 2. The van der Waals surface area contributed by atoms with E-state index in [4.69, 9.17) is 0 Å². The molecule has 4 rings (SSSR count). The van der Waals surface area contributed by atoms with Crippen molar-refractivity contribution in [3.8, 4) is 5.69 Å². The van der Waals surface area contributed by atoms with E-state index in [-0.39, 0.29) is 24.3 Å². The van der Waals surface area contributed by atoms with Crippen LogP contribution < -0.4 is 5.32 Å². The number of amides is 1. The quantitative estimate of drug-likeness (QED) is 0.805. The lowest BCUT2D eigenvalue weighted by Gasteiger charge is -2.23. The van der Waals surface area contributed by atoms with Crippen molar-refractivity contribution in [1.82, 2.24) is 14.9 Å². The monoisotopic (exact) mass is 355 g/mol. The van der Waals surface area contributed by atoms with Crippen LogP contribution in [0.2, 0.25) is 0 Å². The molecule has 2 aliphatic rings. The lowest BCUT2D eigenvalue weighted by molar-refractivity contribution is -0.147. The highest BCUT2D eigenvalue weighted by Gasteiger charge is 2.51. The van der Waals surface area contributed by atoms with E-state index < -0.39 is 23.6 Å². The summed E-state index contributed by atoms with van der Waals surface area (Å²) in [6, 6.07) is 4.72. The number of allylic oxidation sites excluding steroid dienone is 2. The maximum atomic E-state index is 14.3. The van der Waals surface area contributed by atoms with Gasteiger partial charge in [0.05, 0.1) is 23.9 Å². The van der Waals surface area contributed by atoms with Crippen molar-refractivity contribution in [2.45, 2.75) is 13.0 Å². The van der Waals surface area contributed by atoms with Gasteiger partial charge in [-0.3, -0.25) is 9.59 Å². The molecule has 1 saturated carbocycles. The summed E-state index contributed by atoms with van der Waals surface area (Å²) in [5.41, 5.74) is 0.993. The Morgan fingerprint density at radius 3 is 2.69 bits per heavy atom. The van der Waals surface area contributed by atoms with E-state index in [0.29, 0.717) is 17.7 Å². The number of nitrogens with one attached hydrogen (secondary N) is 1. The average molecular weight is 355 g/mol. The van der Waals surface area contributed by atoms with Gasteiger partial charge >= 0.3 is 5.97 Å². The van der Waals surface area contributed by atoms with Crippen LogP contribution in [0.25, 0.3) is 5.69 Å². The van der Waals surface area contributed by atoms with Gasteiger partial charge < -0.3 is 15.0 Å². The molecule has 134 valence electrons. The van der Waals surface area contributed by atoms with E-state index in [1.54, 1.807) is 29.1 Å². The largest absolute Gasteiger partial charge is 0.481 e. The fourth-order valence-electron chi connectivity index (χ4n) is 4.09. The molecule has 0 radical (unpaired) electrons. The third-order valence-corrected chi connectivity index (χ3v) is 5.31. The standard InChI is InChI=1S/C19H18FN3O3/c20-14-7-11(1-4-15(14)23-6-5-21-10-23)9-22-18(24)16-12-2-3-13(8-12)17(16)19(25)26/h1-7,10,12-13,16-17H,8-9H2,(H,22,24)(H,25,26)/t12-,13-,16+,17-/m0/s1. The van der Waals surface area contributed by atoms with Crippen LogP contribution in [0.1, 0.15) is 12.0 Å². The number of hydrogen-bond donors (Lipinski definition) is 2. The summed E-state index contributed by atoms with van der Waals surface area (Å²) < 4.78 is 15.8. The highest BCUT2D eigenvalue weighted by Crippen LogP contribution is 2.48. The topological polar surface area (TPSA) is 84.2 Å². The Hall–Kier alpha value is -2.96.